The molecule has 0 unspecified atom stereocenters. The third kappa shape index (κ3) is 2.25. The minimum absolute atomic E-state index is 0.237. The Morgan fingerprint density at radius 1 is 1.32 bits per heavy atom. The van der Waals surface area contributed by atoms with E-state index >= 15 is 0 Å². The second-order valence-corrected chi connectivity index (χ2v) is 4.95. The van der Waals surface area contributed by atoms with E-state index in [4.69, 9.17) is 0 Å². The summed E-state index contributed by atoms with van der Waals surface area (Å²) < 4.78 is 0.559. The maximum absolute atomic E-state index is 11.7. The van der Waals surface area contributed by atoms with Crippen molar-refractivity contribution in [3.63, 3.8) is 0 Å². The van der Waals surface area contributed by atoms with Gasteiger partial charge >= 0.3 is 0 Å². The van der Waals surface area contributed by atoms with Crippen LogP contribution in [0.15, 0.2) is 23.4 Å². The lowest BCUT2D eigenvalue weighted by Crippen LogP contribution is -2.25. The number of rotatable bonds is 2. The number of nitrogens with one attached hydrogen (secondary N) is 1. The van der Waals surface area contributed by atoms with Crippen molar-refractivity contribution in [3.8, 4) is 0 Å². The Balaban J connectivity index is 2.03. The fourth-order valence-electron chi connectivity index (χ4n) is 2.63. The van der Waals surface area contributed by atoms with E-state index in [1.54, 1.807) is 6.20 Å². The minimum Gasteiger partial charge on any atom is -0.423 e. The molecule has 3 rings (SSSR count). The fourth-order valence-corrected chi connectivity index (χ4v) is 2.63. The second kappa shape index (κ2) is 4.87. The van der Waals surface area contributed by atoms with Crippen molar-refractivity contribution in [1.82, 2.24) is 14.7 Å². The van der Waals surface area contributed by atoms with Gasteiger partial charge in [0.2, 0.25) is 0 Å². The topological polar surface area (TPSA) is 80.0 Å². The predicted octanol–water partition coefficient (Wildman–Crippen LogP) is 1.77. The summed E-state index contributed by atoms with van der Waals surface area (Å²) in [7, 11) is 0. The summed E-state index contributed by atoms with van der Waals surface area (Å²) in [5, 5.41) is 13.7. The lowest BCUT2D eigenvalue weighted by molar-refractivity contribution is 0.186. The maximum atomic E-state index is 11.7. The zero-order chi connectivity index (χ0) is 13.2. The molecule has 2 aromatic rings. The highest BCUT2D eigenvalue weighted by Crippen LogP contribution is 2.24. The van der Waals surface area contributed by atoms with Gasteiger partial charge in [-0.15, -0.1) is 4.73 Å². The molecule has 0 atom stereocenters. The molecule has 0 bridgehead atoms. The highest BCUT2D eigenvalue weighted by Gasteiger charge is 2.16. The third-order valence-corrected chi connectivity index (χ3v) is 3.62. The highest BCUT2D eigenvalue weighted by molar-refractivity contribution is 5.88. The van der Waals surface area contributed by atoms with E-state index in [0.717, 1.165) is 12.8 Å². The van der Waals surface area contributed by atoms with Gasteiger partial charge in [-0.1, -0.05) is 19.3 Å². The third-order valence-electron chi connectivity index (χ3n) is 3.62. The smallest absolute Gasteiger partial charge is 0.286 e. The summed E-state index contributed by atoms with van der Waals surface area (Å²) in [5.41, 5.74) is 0.461. The zero-order valence-corrected chi connectivity index (χ0v) is 10.5. The average molecular weight is 260 g/mol. The Morgan fingerprint density at radius 2 is 2.11 bits per heavy atom. The van der Waals surface area contributed by atoms with E-state index < -0.39 is 5.56 Å². The van der Waals surface area contributed by atoms with Crippen LogP contribution in [0.5, 0.6) is 0 Å². The van der Waals surface area contributed by atoms with Crippen molar-refractivity contribution in [2.24, 2.45) is 0 Å². The van der Waals surface area contributed by atoms with Crippen LogP contribution in [0.25, 0.3) is 11.0 Å². The first-order chi connectivity index (χ1) is 9.25. The van der Waals surface area contributed by atoms with Gasteiger partial charge in [-0.25, -0.2) is 9.97 Å². The van der Waals surface area contributed by atoms with Crippen LogP contribution in [-0.4, -0.2) is 25.9 Å². The number of nitrogens with zero attached hydrogens (tertiary/aromatic N) is 3. The monoisotopic (exact) mass is 260 g/mol. The van der Waals surface area contributed by atoms with Crippen LogP contribution in [0.1, 0.15) is 32.1 Å². The van der Waals surface area contributed by atoms with Crippen molar-refractivity contribution in [2.45, 2.75) is 38.1 Å². The van der Waals surface area contributed by atoms with Crippen LogP contribution in [0, 0.1) is 0 Å². The van der Waals surface area contributed by atoms with Gasteiger partial charge in [0.1, 0.15) is 6.33 Å². The molecule has 100 valence electrons. The Morgan fingerprint density at radius 3 is 2.89 bits per heavy atom. The van der Waals surface area contributed by atoms with Crippen molar-refractivity contribution >= 4 is 16.7 Å². The first-order valence-corrected chi connectivity index (χ1v) is 6.57. The summed E-state index contributed by atoms with van der Waals surface area (Å²) in [6, 6.07) is 1.78. The number of hydrogen-bond acceptors (Lipinski definition) is 5. The second-order valence-electron chi connectivity index (χ2n) is 4.95. The molecule has 0 spiro atoms. The first-order valence-electron chi connectivity index (χ1n) is 6.57. The molecule has 6 nitrogen and oxygen atoms in total. The predicted molar refractivity (Wildman–Crippen MR) is 71.5 cm³/mol. The highest BCUT2D eigenvalue weighted by atomic mass is 16.5. The molecule has 1 fully saturated rings. The van der Waals surface area contributed by atoms with Crippen molar-refractivity contribution in [2.75, 3.05) is 5.32 Å². The SMILES string of the molecule is O=c1cc(NC2CCCCC2)c2cncnc2n1O. The summed E-state index contributed by atoms with van der Waals surface area (Å²) in [6.07, 6.45) is 8.85. The van der Waals surface area contributed by atoms with Crippen LogP contribution in [0.3, 0.4) is 0 Å². The normalized spacial score (nSPS) is 16.6. The molecule has 6 heteroatoms. The van der Waals surface area contributed by atoms with Crippen LogP contribution in [0.4, 0.5) is 5.69 Å². The number of hydrogen-bond donors (Lipinski definition) is 2. The van der Waals surface area contributed by atoms with Crippen LogP contribution in [-0.2, 0) is 0 Å². The molecule has 2 N–H and O–H groups in total. The standard InChI is InChI=1S/C13H16N4O2/c18-12-6-11(16-9-4-2-1-3-5-9)10-7-14-8-15-13(10)17(12)19/h6-9,16,19H,1-5H2. The van der Waals surface area contributed by atoms with Gasteiger partial charge in [0, 0.05) is 18.3 Å². The van der Waals surface area contributed by atoms with Crippen molar-refractivity contribution in [1.29, 1.82) is 0 Å². The van der Waals surface area contributed by atoms with Gasteiger partial charge in [-0.05, 0) is 12.8 Å². The van der Waals surface area contributed by atoms with Crippen LogP contribution < -0.4 is 10.9 Å². The lowest BCUT2D eigenvalue weighted by Gasteiger charge is -2.24. The average Bonchev–Trinajstić information content (AvgIpc) is 2.46. The number of aromatic nitrogens is 3. The minimum atomic E-state index is -0.482. The largest absolute Gasteiger partial charge is 0.423 e. The van der Waals surface area contributed by atoms with E-state index in [1.807, 2.05) is 0 Å². The molecule has 0 aromatic carbocycles. The molecule has 0 aliphatic heterocycles. The zero-order valence-electron chi connectivity index (χ0n) is 10.5. The quantitative estimate of drug-likeness (QED) is 0.804. The molecular weight excluding hydrogens is 244 g/mol. The number of pyridine rings is 1. The molecule has 1 aliphatic rings. The summed E-state index contributed by atoms with van der Waals surface area (Å²) in [5.74, 6) is 0. The molecule has 0 saturated heterocycles. The van der Waals surface area contributed by atoms with E-state index in [2.05, 4.69) is 15.3 Å². The Kier molecular flexibility index (Phi) is 3.06. The Bertz CT molecular complexity index is 647. The number of fused-ring (bicyclic) bond motifs is 1. The molecule has 0 radical (unpaired) electrons. The van der Waals surface area contributed by atoms with Crippen LogP contribution >= 0.6 is 0 Å². The summed E-state index contributed by atoms with van der Waals surface area (Å²) in [4.78, 5) is 19.6. The first kappa shape index (κ1) is 12.0. The summed E-state index contributed by atoms with van der Waals surface area (Å²) in [6.45, 7) is 0. The van der Waals surface area contributed by atoms with E-state index in [-0.39, 0.29) is 5.65 Å². The molecule has 1 saturated carbocycles. The fraction of sp³-hybridized carbons (Fsp3) is 0.462. The number of anilines is 1. The maximum Gasteiger partial charge on any atom is 0.286 e. The van der Waals surface area contributed by atoms with Crippen molar-refractivity contribution < 1.29 is 5.21 Å². The van der Waals surface area contributed by atoms with Gasteiger partial charge in [0.15, 0.2) is 5.65 Å². The molecule has 1 aliphatic carbocycles. The van der Waals surface area contributed by atoms with E-state index in [1.165, 1.54) is 31.7 Å². The molecule has 19 heavy (non-hydrogen) atoms. The Hall–Kier alpha value is -2.11. The molecular formula is C13H16N4O2. The Labute approximate surface area is 110 Å². The van der Waals surface area contributed by atoms with E-state index in [0.29, 0.717) is 21.8 Å². The van der Waals surface area contributed by atoms with E-state index in [9.17, 15) is 10.0 Å². The molecule has 2 aromatic heterocycles. The summed E-state index contributed by atoms with van der Waals surface area (Å²) >= 11 is 0. The van der Waals surface area contributed by atoms with Crippen LogP contribution in [0.2, 0.25) is 0 Å². The van der Waals surface area contributed by atoms with Gasteiger partial charge in [0.05, 0.1) is 11.1 Å². The molecule has 2 heterocycles. The molecule has 0 amide bonds. The van der Waals surface area contributed by atoms with Gasteiger partial charge in [0.25, 0.3) is 5.56 Å². The lowest BCUT2D eigenvalue weighted by atomic mass is 9.95. The van der Waals surface area contributed by atoms with Crippen molar-refractivity contribution in [3.05, 3.63) is 28.9 Å². The van der Waals surface area contributed by atoms with Gasteiger partial charge in [-0.3, -0.25) is 4.79 Å². The van der Waals surface area contributed by atoms with Gasteiger partial charge in [-0.2, -0.15) is 0 Å². The van der Waals surface area contributed by atoms with Gasteiger partial charge < -0.3 is 10.5 Å².